The molecule has 0 atom stereocenters. The Labute approximate surface area is 148 Å². The summed E-state index contributed by atoms with van der Waals surface area (Å²) in [7, 11) is 1.68. The molecule has 0 unspecified atom stereocenters. The van der Waals surface area contributed by atoms with Gasteiger partial charge in [0.15, 0.2) is 0 Å². The SMILES string of the molecule is COc1ccc(CN2CCN(Cc3cc[c]c(C(N)=O)n3)CC2)cc1. The van der Waals surface area contributed by atoms with Gasteiger partial charge in [0.25, 0.3) is 5.91 Å². The van der Waals surface area contributed by atoms with Gasteiger partial charge < -0.3 is 10.5 Å². The molecule has 6 nitrogen and oxygen atoms in total. The number of carbonyl (C=O) groups excluding carboxylic acids is 1. The number of rotatable bonds is 6. The van der Waals surface area contributed by atoms with Crippen LogP contribution >= 0.6 is 0 Å². The Bertz CT molecular complexity index is 710. The fourth-order valence-electron chi connectivity index (χ4n) is 2.97. The zero-order valence-electron chi connectivity index (χ0n) is 14.4. The molecule has 0 bridgehead atoms. The molecular weight excluding hydrogens is 316 g/mol. The molecule has 1 aromatic heterocycles. The van der Waals surface area contributed by atoms with Crippen molar-refractivity contribution in [3.8, 4) is 5.75 Å². The van der Waals surface area contributed by atoms with Crippen LogP contribution in [0.4, 0.5) is 0 Å². The number of methoxy groups -OCH3 is 1. The molecule has 1 aromatic carbocycles. The van der Waals surface area contributed by atoms with Crippen molar-refractivity contribution in [2.24, 2.45) is 5.73 Å². The van der Waals surface area contributed by atoms with Crippen molar-refractivity contribution < 1.29 is 9.53 Å². The van der Waals surface area contributed by atoms with Crippen molar-refractivity contribution in [1.82, 2.24) is 14.8 Å². The monoisotopic (exact) mass is 339 g/mol. The van der Waals surface area contributed by atoms with Gasteiger partial charge >= 0.3 is 0 Å². The molecule has 2 aromatic rings. The number of ether oxygens (including phenoxy) is 1. The fraction of sp³-hybridized carbons (Fsp3) is 0.368. The number of carbonyl (C=O) groups is 1. The number of pyridine rings is 1. The predicted molar refractivity (Wildman–Crippen MR) is 95.1 cm³/mol. The molecule has 1 amide bonds. The first-order valence-corrected chi connectivity index (χ1v) is 8.39. The molecule has 0 aliphatic carbocycles. The van der Waals surface area contributed by atoms with E-state index in [1.54, 1.807) is 13.2 Å². The predicted octanol–water partition coefficient (Wildman–Crippen LogP) is 1.31. The Morgan fingerprint density at radius 1 is 1.12 bits per heavy atom. The number of hydrogen-bond donors (Lipinski definition) is 1. The van der Waals surface area contributed by atoms with Crippen molar-refractivity contribution in [1.29, 1.82) is 0 Å². The van der Waals surface area contributed by atoms with Gasteiger partial charge in [-0.3, -0.25) is 14.6 Å². The lowest BCUT2D eigenvalue weighted by molar-refractivity contribution is 0.0993. The van der Waals surface area contributed by atoms with E-state index in [0.29, 0.717) is 0 Å². The second kappa shape index (κ2) is 8.09. The minimum Gasteiger partial charge on any atom is -0.497 e. The molecule has 1 radical (unpaired) electrons. The quantitative estimate of drug-likeness (QED) is 0.859. The van der Waals surface area contributed by atoms with Crippen LogP contribution in [0.1, 0.15) is 21.7 Å². The zero-order chi connectivity index (χ0) is 17.6. The largest absolute Gasteiger partial charge is 0.497 e. The van der Waals surface area contributed by atoms with Crippen LogP contribution in [0.15, 0.2) is 36.4 Å². The van der Waals surface area contributed by atoms with E-state index >= 15 is 0 Å². The summed E-state index contributed by atoms with van der Waals surface area (Å²) < 4.78 is 5.20. The number of nitrogens with two attached hydrogens (primary N) is 1. The van der Waals surface area contributed by atoms with Crippen LogP contribution in [-0.4, -0.2) is 54.0 Å². The number of nitrogens with zero attached hydrogens (tertiary/aromatic N) is 3. The minimum absolute atomic E-state index is 0.204. The highest BCUT2D eigenvalue weighted by molar-refractivity contribution is 5.90. The number of benzene rings is 1. The van der Waals surface area contributed by atoms with Gasteiger partial charge in [0.2, 0.25) is 0 Å². The zero-order valence-corrected chi connectivity index (χ0v) is 14.4. The van der Waals surface area contributed by atoms with E-state index < -0.39 is 5.91 Å². The van der Waals surface area contributed by atoms with E-state index in [0.717, 1.165) is 50.7 Å². The first kappa shape index (κ1) is 17.4. The molecule has 0 saturated carbocycles. The molecule has 0 spiro atoms. The van der Waals surface area contributed by atoms with Gasteiger partial charge in [0.05, 0.1) is 12.8 Å². The van der Waals surface area contributed by atoms with Crippen LogP contribution in [0.5, 0.6) is 5.75 Å². The van der Waals surface area contributed by atoms with Gasteiger partial charge in [-0.15, -0.1) is 0 Å². The van der Waals surface area contributed by atoms with Crippen molar-refractivity contribution in [3.63, 3.8) is 0 Å². The summed E-state index contributed by atoms with van der Waals surface area (Å²) in [6, 6.07) is 14.6. The van der Waals surface area contributed by atoms with Gasteiger partial charge in [-0.05, 0) is 23.8 Å². The Kier molecular flexibility index (Phi) is 5.63. The number of aromatic nitrogens is 1. The summed E-state index contributed by atoms with van der Waals surface area (Å²) in [4.78, 5) is 20.3. The third kappa shape index (κ3) is 4.78. The average molecular weight is 339 g/mol. The van der Waals surface area contributed by atoms with Gasteiger partial charge in [-0.25, -0.2) is 4.98 Å². The molecular formula is C19H23N4O2. The van der Waals surface area contributed by atoms with Crippen molar-refractivity contribution in [2.45, 2.75) is 13.1 Å². The first-order valence-electron chi connectivity index (χ1n) is 8.39. The number of hydrogen-bond acceptors (Lipinski definition) is 5. The van der Waals surface area contributed by atoms with Gasteiger partial charge in [-0.1, -0.05) is 18.2 Å². The molecule has 1 aliphatic heterocycles. The van der Waals surface area contributed by atoms with Crippen molar-refractivity contribution in [3.05, 3.63) is 59.4 Å². The highest BCUT2D eigenvalue weighted by atomic mass is 16.5. The maximum Gasteiger partial charge on any atom is 0.267 e. The molecule has 1 saturated heterocycles. The van der Waals surface area contributed by atoms with E-state index in [2.05, 4.69) is 33.0 Å². The lowest BCUT2D eigenvalue weighted by Crippen LogP contribution is -2.45. The van der Waals surface area contributed by atoms with E-state index in [4.69, 9.17) is 10.5 Å². The van der Waals surface area contributed by atoms with E-state index in [-0.39, 0.29) is 5.69 Å². The smallest absolute Gasteiger partial charge is 0.267 e. The second-order valence-electron chi connectivity index (χ2n) is 6.19. The van der Waals surface area contributed by atoms with Gasteiger partial charge in [0.1, 0.15) is 11.4 Å². The normalized spacial score (nSPS) is 15.9. The minimum atomic E-state index is -0.536. The van der Waals surface area contributed by atoms with E-state index in [1.807, 2.05) is 18.2 Å². The maximum atomic E-state index is 11.2. The van der Waals surface area contributed by atoms with E-state index in [1.165, 1.54) is 5.56 Å². The molecule has 2 N–H and O–H groups in total. The second-order valence-corrected chi connectivity index (χ2v) is 6.19. The Hall–Kier alpha value is -2.44. The topological polar surface area (TPSA) is 71.7 Å². The van der Waals surface area contributed by atoms with Crippen molar-refractivity contribution >= 4 is 5.91 Å². The molecule has 131 valence electrons. The highest BCUT2D eigenvalue weighted by Gasteiger charge is 2.18. The molecule has 2 heterocycles. The highest BCUT2D eigenvalue weighted by Crippen LogP contribution is 2.15. The summed E-state index contributed by atoms with van der Waals surface area (Å²) >= 11 is 0. The Morgan fingerprint density at radius 2 is 1.76 bits per heavy atom. The summed E-state index contributed by atoms with van der Waals surface area (Å²) in [6.07, 6.45) is 0. The summed E-state index contributed by atoms with van der Waals surface area (Å²) in [6.45, 7) is 5.64. The molecule has 25 heavy (non-hydrogen) atoms. The fourth-order valence-corrected chi connectivity index (χ4v) is 2.97. The third-order valence-corrected chi connectivity index (χ3v) is 4.40. The standard InChI is InChI=1S/C19H23N4O2/c1-25-17-7-5-15(6-8-17)13-22-9-11-23(12-10-22)14-16-3-2-4-18(21-16)19(20)24/h2-3,5-8H,9-14H2,1H3,(H2,20,24). The van der Waals surface area contributed by atoms with Crippen molar-refractivity contribution in [2.75, 3.05) is 33.3 Å². The maximum absolute atomic E-state index is 11.2. The summed E-state index contributed by atoms with van der Waals surface area (Å²) in [5.74, 6) is 0.350. The Balaban J connectivity index is 1.49. The first-order chi connectivity index (χ1) is 12.1. The lowest BCUT2D eigenvalue weighted by atomic mass is 10.2. The van der Waals surface area contributed by atoms with Crippen LogP contribution in [0.25, 0.3) is 0 Å². The van der Waals surface area contributed by atoms with Gasteiger partial charge in [0, 0.05) is 45.3 Å². The molecule has 6 heteroatoms. The molecule has 3 rings (SSSR count). The van der Waals surface area contributed by atoms with Crippen LogP contribution in [0.2, 0.25) is 0 Å². The summed E-state index contributed by atoms with van der Waals surface area (Å²) in [5, 5.41) is 0. The van der Waals surface area contributed by atoms with E-state index in [9.17, 15) is 4.79 Å². The molecule has 1 fully saturated rings. The number of piperazine rings is 1. The Morgan fingerprint density at radius 3 is 2.36 bits per heavy atom. The van der Waals surface area contributed by atoms with Crippen LogP contribution < -0.4 is 10.5 Å². The third-order valence-electron chi connectivity index (χ3n) is 4.40. The molecule has 1 aliphatic rings. The van der Waals surface area contributed by atoms with Crippen LogP contribution in [0.3, 0.4) is 0 Å². The van der Waals surface area contributed by atoms with Crippen LogP contribution in [-0.2, 0) is 13.1 Å². The lowest BCUT2D eigenvalue weighted by Gasteiger charge is -2.34. The average Bonchev–Trinajstić information content (AvgIpc) is 2.64. The number of primary amides is 1. The number of amides is 1. The van der Waals surface area contributed by atoms with Crippen LogP contribution in [0, 0.1) is 6.07 Å². The van der Waals surface area contributed by atoms with Gasteiger partial charge in [-0.2, -0.15) is 0 Å². The summed E-state index contributed by atoms with van der Waals surface area (Å²) in [5.41, 5.74) is 7.62.